The number of hydrogen-bond acceptors (Lipinski definition) is 2. The molecule has 2 aromatic heterocycles. The highest BCUT2D eigenvalue weighted by Crippen LogP contribution is 2.09. The summed E-state index contributed by atoms with van der Waals surface area (Å²) in [5.41, 5.74) is 0.699. The Balaban J connectivity index is 3.06. The topological polar surface area (TPSA) is 39.3 Å². The van der Waals surface area contributed by atoms with Gasteiger partial charge in [0.1, 0.15) is 4.60 Å². The molecule has 0 aliphatic heterocycles. The molecule has 0 N–H and O–H groups in total. The highest BCUT2D eigenvalue weighted by atomic mass is 79.9. The molecule has 0 unspecified atom stereocenters. The van der Waals surface area contributed by atoms with Crippen LogP contribution in [0.2, 0.25) is 0 Å². The second-order valence-corrected chi connectivity index (χ2v) is 3.26. The Labute approximate surface area is 76.6 Å². The average Bonchev–Trinajstić information content (AvgIpc) is 2.41. The summed E-state index contributed by atoms with van der Waals surface area (Å²) < 4.78 is 3.96. The van der Waals surface area contributed by atoms with Crippen molar-refractivity contribution in [1.29, 1.82) is 0 Å². The molecule has 2 aromatic rings. The van der Waals surface area contributed by atoms with Gasteiger partial charge in [-0.15, -0.1) is 0 Å². The Morgan fingerprint density at radius 2 is 2.25 bits per heavy atom. The molecule has 0 aliphatic carbocycles. The van der Waals surface area contributed by atoms with Gasteiger partial charge in [-0.3, -0.25) is 4.79 Å². The molecule has 0 aromatic carbocycles. The third-order valence-corrected chi connectivity index (χ3v) is 2.26. The van der Waals surface area contributed by atoms with Crippen molar-refractivity contribution in [3.63, 3.8) is 0 Å². The van der Waals surface area contributed by atoms with Crippen molar-refractivity contribution >= 4 is 21.6 Å². The number of nitrogens with zero attached hydrogens (tertiary/aromatic N) is 3. The molecule has 0 bridgehead atoms. The highest BCUT2D eigenvalue weighted by Gasteiger charge is 2.02. The molecule has 2 heterocycles. The first kappa shape index (κ1) is 7.54. The van der Waals surface area contributed by atoms with Gasteiger partial charge in [-0.25, -0.2) is 14.2 Å². The van der Waals surface area contributed by atoms with Crippen LogP contribution in [0.3, 0.4) is 0 Å². The SMILES string of the molecule is Cn1c(=O)ccc2ncc(Br)n21. The normalized spacial score (nSPS) is 10.8. The van der Waals surface area contributed by atoms with Gasteiger partial charge in [0.05, 0.1) is 6.20 Å². The summed E-state index contributed by atoms with van der Waals surface area (Å²) in [5.74, 6) is 0. The molecule has 0 atom stereocenters. The van der Waals surface area contributed by atoms with E-state index in [0.29, 0.717) is 0 Å². The lowest BCUT2D eigenvalue weighted by molar-refractivity contribution is 0.650. The average molecular weight is 228 g/mol. The van der Waals surface area contributed by atoms with Crippen molar-refractivity contribution in [2.75, 3.05) is 0 Å². The third-order valence-electron chi connectivity index (χ3n) is 1.72. The first-order chi connectivity index (χ1) is 5.70. The Morgan fingerprint density at radius 3 is 3.00 bits per heavy atom. The summed E-state index contributed by atoms with van der Waals surface area (Å²) in [6.07, 6.45) is 1.66. The predicted octanol–water partition coefficient (Wildman–Crippen LogP) is 0.795. The number of aromatic nitrogens is 3. The van der Waals surface area contributed by atoms with Crippen LogP contribution in [-0.4, -0.2) is 14.2 Å². The van der Waals surface area contributed by atoms with Crippen molar-refractivity contribution in [2.24, 2.45) is 7.05 Å². The Morgan fingerprint density at radius 1 is 1.50 bits per heavy atom. The second-order valence-electron chi connectivity index (χ2n) is 2.45. The lowest BCUT2D eigenvalue weighted by atomic mass is 10.5. The molecule has 0 spiro atoms. The van der Waals surface area contributed by atoms with Crippen molar-refractivity contribution in [3.05, 3.63) is 33.3 Å². The second kappa shape index (κ2) is 2.45. The first-order valence-corrected chi connectivity index (χ1v) is 4.19. The number of halogens is 1. The molecule has 0 amide bonds. The zero-order valence-electron chi connectivity index (χ0n) is 6.36. The standard InChI is InChI=1S/C7H6BrN3O/c1-10-7(12)3-2-6-9-4-5(8)11(6)10/h2-4H,1H3. The van der Waals surface area contributed by atoms with Gasteiger partial charge in [0.15, 0.2) is 5.65 Å². The smallest absolute Gasteiger partial charge is 0.265 e. The van der Waals surface area contributed by atoms with Gasteiger partial charge in [-0.1, -0.05) is 0 Å². The fourth-order valence-corrected chi connectivity index (χ4v) is 1.62. The van der Waals surface area contributed by atoms with Crippen LogP contribution in [0.15, 0.2) is 27.7 Å². The molecule has 0 saturated heterocycles. The predicted molar refractivity (Wildman–Crippen MR) is 48.1 cm³/mol. The highest BCUT2D eigenvalue weighted by molar-refractivity contribution is 9.10. The fourth-order valence-electron chi connectivity index (χ4n) is 1.10. The summed E-state index contributed by atoms with van der Waals surface area (Å²) in [6.45, 7) is 0. The zero-order valence-corrected chi connectivity index (χ0v) is 7.95. The molecule has 4 nitrogen and oxygen atoms in total. The van der Waals surface area contributed by atoms with Gasteiger partial charge in [0, 0.05) is 13.1 Å². The maximum Gasteiger partial charge on any atom is 0.265 e. The number of fused-ring (bicyclic) bond motifs is 1. The quantitative estimate of drug-likeness (QED) is 0.668. The third kappa shape index (κ3) is 0.896. The number of aryl methyl sites for hydroxylation is 1. The van der Waals surface area contributed by atoms with E-state index in [1.165, 1.54) is 10.7 Å². The molecular formula is C7H6BrN3O. The number of hydrogen-bond donors (Lipinski definition) is 0. The fraction of sp³-hybridized carbons (Fsp3) is 0.143. The van der Waals surface area contributed by atoms with Crippen molar-refractivity contribution in [1.82, 2.24) is 14.2 Å². The summed E-state index contributed by atoms with van der Waals surface area (Å²) >= 11 is 3.29. The van der Waals surface area contributed by atoms with Crippen LogP contribution in [0.25, 0.3) is 5.65 Å². The Bertz CT molecular complexity index is 485. The molecule has 5 heteroatoms. The minimum absolute atomic E-state index is 0.0544. The number of rotatable bonds is 0. The summed E-state index contributed by atoms with van der Waals surface area (Å²) in [5, 5.41) is 0. The molecule has 0 fully saturated rings. The van der Waals surface area contributed by atoms with Crippen LogP contribution in [0, 0.1) is 0 Å². The van der Waals surface area contributed by atoms with Crippen LogP contribution < -0.4 is 5.56 Å². The van der Waals surface area contributed by atoms with E-state index in [-0.39, 0.29) is 5.56 Å². The van der Waals surface area contributed by atoms with Crippen LogP contribution in [0.5, 0.6) is 0 Å². The molecule has 12 heavy (non-hydrogen) atoms. The van der Waals surface area contributed by atoms with E-state index in [4.69, 9.17) is 0 Å². The first-order valence-electron chi connectivity index (χ1n) is 3.39. The lowest BCUT2D eigenvalue weighted by Gasteiger charge is -2.01. The van der Waals surface area contributed by atoms with Crippen molar-refractivity contribution < 1.29 is 0 Å². The largest absolute Gasteiger partial charge is 0.268 e. The van der Waals surface area contributed by atoms with E-state index >= 15 is 0 Å². The Kier molecular flexibility index (Phi) is 1.54. The number of imidazole rings is 1. The molecule has 0 saturated carbocycles. The van der Waals surface area contributed by atoms with Crippen LogP contribution in [0.1, 0.15) is 0 Å². The van der Waals surface area contributed by atoms with Gasteiger partial charge in [0.25, 0.3) is 5.56 Å². The minimum Gasteiger partial charge on any atom is -0.268 e. The van der Waals surface area contributed by atoms with Crippen LogP contribution >= 0.6 is 15.9 Å². The molecule has 0 radical (unpaired) electrons. The van der Waals surface area contributed by atoms with Gasteiger partial charge in [0.2, 0.25) is 0 Å². The van der Waals surface area contributed by atoms with Crippen LogP contribution in [-0.2, 0) is 7.05 Å². The van der Waals surface area contributed by atoms with Gasteiger partial charge in [-0.2, -0.15) is 0 Å². The van der Waals surface area contributed by atoms with Crippen molar-refractivity contribution in [2.45, 2.75) is 0 Å². The van der Waals surface area contributed by atoms with E-state index in [0.717, 1.165) is 10.3 Å². The van der Waals surface area contributed by atoms with Crippen molar-refractivity contribution in [3.8, 4) is 0 Å². The van der Waals surface area contributed by atoms with E-state index in [1.807, 2.05) is 0 Å². The maximum atomic E-state index is 11.2. The maximum absolute atomic E-state index is 11.2. The zero-order chi connectivity index (χ0) is 8.72. The van der Waals surface area contributed by atoms with Crippen LogP contribution in [0.4, 0.5) is 0 Å². The lowest BCUT2D eigenvalue weighted by Crippen LogP contribution is -2.21. The van der Waals surface area contributed by atoms with Gasteiger partial charge in [-0.05, 0) is 22.0 Å². The molecule has 0 aliphatic rings. The summed E-state index contributed by atoms with van der Waals surface area (Å²) in [6, 6.07) is 3.18. The summed E-state index contributed by atoms with van der Waals surface area (Å²) in [4.78, 5) is 15.3. The molecular weight excluding hydrogens is 222 g/mol. The summed E-state index contributed by atoms with van der Waals surface area (Å²) in [7, 11) is 1.70. The monoisotopic (exact) mass is 227 g/mol. The van der Waals surface area contributed by atoms with E-state index < -0.39 is 0 Å². The van der Waals surface area contributed by atoms with E-state index in [1.54, 1.807) is 23.8 Å². The molecule has 2 rings (SSSR count). The molecule has 62 valence electrons. The minimum atomic E-state index is -0.0544. The van der Waals surface area contributed by atoms with Gasteiger partial charge >= 0.3 is 0 Å². The van der Waals surface area contributed by atoms with E-state index in [9.17, 15) is 4.79 Å². The van der Waals surface area contributed by atoms with E-state index in [2.05, 4.69) is 20.9 Å². The Hall–Kier alpha value is -1.10. The van der Waals surface area contributed by atoms with Gasteiger partial charge < -0.3 is 0 Å².